The monoisotopic (exact) mass is 126 g/mol. The summed E-state index contributed by atoms with van der Waals surface area (Å²) in [6, 6.07) is 0. The summed E-state index contributed by atoms with van der Waals surface area (Å²) in [4.78, 5) is 0. The molecule has 0 saturated heterocycles. The summed E-state index contributed by atoms with van der Waals surface area (Å²) in [6.45, 7) is 2.55. The molecule has 1 N–H and O–H groups in total. The second-order valence-corrected chi connectivity index (χ2v) is 2.93. The summed E-state index contributed by atoms with van der Waals surface area (Å²) in [7, 11) is 0. The Hall–Kier alpha value is -0.300. The van der Waals surface area contributed by atoms with Crippen molar-refractivity contribution in [3.8, 4) is 0 Å². The number of rotatable bonds is 1. The average Bonchev–Trinajstić information content (AvgIpc) is 1.88. The highest BCUT2D eigenvalue weighted by Crippen LogP contribution is 2.21. The summed E-state index contributed by atoms with van der Waals surface area (Å²) in [5.74, 6) is 1.21. The molecular formula is C8H14O. The molecule has 52 valence electrons. The van der Waals surface area contributed by atoms with Crippen LogP contribution in [0.2, 0.25) is 0 Å². The average molecular weight is 126 g/mol. The molecule has 0 aliphatic heterocycles. The highest BCUT2D eigenvalue weighted by atomic mass is 16.3. The first-order valence-electron chi connectivity index (χ1n) is 3.60. The number of aliphatic hydroxyl groups excluding tert-OH is 1. The van der Waals surface area contributed by atoms with Crippen LogP contribution in [0.4, 0.5) is 0 Å². The topological polar surface area (TPSA) is 20.2 Å². The Kier molecular flexibility index (Phi) is 2.29. The summed E-state index contributed by atoms with van der Waals surface area (Å²) in [5, 5.41) is 8.77. The smallest absolute Gasteiger partial charge is 0.0462 e. The maximum atomic E-state index is 8.77. The van der Waals surface area contributed by atoms with Crippen LogP contribution >= 0.6 is 0 Å². The first kappa shape index (κ1) is 6.81. The fourth-order valence-electron chi connectivity index (χ4n) is 1.35. The molecule has 0 aromatic rings. The summed E-state index contributed by atoms with van der Waals surface area (Å²) in [6.07, 6.45) is 6.63. The molecule has 0 heterocycles. The molecule has 1 aliphatic rings. The van der Waals surface area contributed by atoms with Gasteiger partial charge in [-0.2, -0.15) is 0 Å². The van der Waals surface area contributed by atoms with E-state index in [-0.39, 0.29) is 0 Å². The molecule has 1 rings (SSSR count). The Morgan fingerprint density at radius 3 is 2.89 bits per heavy atom. The Labute approximate surface area is 56.4 Å². The molecule has 0 aromatic carbocycles. The van der Waals surface area contributed by atoms with E-state index in [1.165, 1.54) is 0 Å². The number of hydrogen-bond acceptors (Lipinski definition) is 1. The van der Waals surface area contributed by atoms with E-state index in [0.717, 1.165) is 12.8 Å². The van der Waals surface area contributed by atoms with Crippen LogP contribution in [0.5, 0.6) is 0 Å². The second-order valence-electron chi connectivity index (χ2n) is 2.93. The van der Waals surface area contributed by atoms with Crippen LogP contribution in [0, 0.1) is 11.8 Å². The molecule has 0 aromatic heterocycles. The van der Waals surface area contributed by atoms with Crippen molar-refractivity contribution in [2.24, 2.45) is 11.8 Å². The highest BCUT2D eigenvalue weighted by molar-refractivity contribution is 4.93. The minimum absolute atomic E-state index is 0.356. The Morgan fingerprint density at radius 1 is 1.67 bits per heavy atom. The van der Waals surface area contributed by atoms with Crippen LogP contribution in [-0.4, -0.2) is 11.7 Å². The van der Waals surface area contributed by atoms with Gasteiger partial charge in [0.1, 0.15) is 0 Å². The van der Waals surface area contributed by atoms with Gasteiger partial charge in [-0.15, -0.1) is 0 Å². The SMILES string of the molecule is CC1C=CCC(CO)C1. The third-order valence-corrected chi connectivity index (χ3v) is 1.90. The molecule has 1 heteroatoms. The molecule has 1 aliphatic carbocycles. The van der Waals surface area contributed by atoms with Gasteiger partial charge < -0.3 is 5.11 Å². The third-order valence-electron chi connectivity index (χ3n) is 1.90. The molecule has 9 heavy (non-hydrogen) atoms. The van der Waals surface area contributed by atoms with Gasteiger partial charge in [0.2, 0.25) is 0 Å². The van der Waals surface area contributed by atoms with Gasteiger partial charge in [0, 0.05) is 6.61 Å². The third kappa shape index (κ3) is 1.83. The molecule has 2 unspecified atom stereocenters. The van der Waals surface area contributed by atoms with Crippen molar-refractivity contribution in [2.45, 2.75) is 19.8 Å². The minimum atomic E-state index is 0.356. The van der Waals surface area contributed by atoms with Crippen molar-refractivity contribution in [3.05, 3.63) is 12.2 Å². The van der Waals surface area contributed by atoms with Crippen LogP contribution in [0.3, 0.4) is 0 Å². The van der Waals surface area contributed by atoms with E-state index < -0.39 is 0 Å². The standard InChI is InChI=1S/C8H14O/c1-7-3-2-4-8(5-7)6-9/h2-3,7-9H,4-6H2,1H3. The maximum absolute atomic E-state index is 8.77. The zero-order chi connectivity index (χ0) is 6.69. The second kappa shape index (κ2) is 3.02. The molecule has 1 nitrogen and oxygen atoms in total. The lowest BCUT2D eigenvalue weighted by Gasteiger charge is -2.19. The minimum Gasteiger partial charge on any atom is -0.396 e. The summed E-state index contributed by atoms with van der Waals surface area (Å²) < 4.78 is 0. The first-order chi connectivity index (χ1) is 4.33. The largest absolute Gasteiger partial charge is 0.396 e. The molecule has 0 radical (unpaired) electrons. The van der Waals surface area contributed by atoms with Crippen molar-refractivity contribution in [1.29, 1.82) is 0 Å². The molecule has 0 spiro atoms. The van der Waals surface area contributed by atoms with Crippen LogP contribution in [-0.2, 0) is 0 Å². The molecule has 0 bridgehead atoms. The van der Waals surface area contributed by atoms with E-state index in [1.54, 1.807) is 0 Å². The Bertz CT molecular complexity index is 107. The maximum Gasteiger partial charge on any atom is 0.0462 e. The highest BCUT2D eigenvalue weighted by Gasteiger charge is 2.12. The summed E-state index contributed by atoms with van der Waals surface area (Å²) in [5.41, 5.74) is 0. The fourth-order valence-corrected chi connectivity index (χ4v) is 1.35. The van der Waals surface area contributed by atoms with Gasteiger partial charge in [-0.25, -0.2) is 0 Å². The van der Waals surface area contributed by atoms with E-state index in [1.807, 2.05) is 0 Å². The quantitative estimate of drug-likeness (QED) is 0.529. The van der Waals surface area contributed by atoms with Crippen LogP contribution in [0.15, 0.2) is 12.2 Å². The lowest BCUT2D eigenvalue weighted by molar-refractivity contribution is 0.206. The van der Waals surface area contributed by atoms with Crippen molar-refractivity contribution >= 4 is 0 Å². The zero-order valence-electron chi connectivity index (χ0n) is 5.88. The van der Waals surface area contributed by atoms with Gasteiger partial charge in [0.15, 0.2) is 0 Å². The summed E-state index contributed by atoms with van der Waals surface area (Å²) >= 11 is 0. The lowest BCUT2D eigenvalue weighted by Crippen LogP contribution is -2.12. The molecule has 2 atom stereocenters. The predicted molar refractivity (Wildman–Crippen MR) is 38.1 cm³/mol. The normalized spacial score (nSPS) is 34.9. The van der Waals surface area contributed by atoms with Gasteiger partial charge in [-0.3, -0.25) is 0 Å². The Morgan fingerprint density at radius 2 is 2.44 bits per heavy atom. The molecular weight excluding hydrogens is 112 g/mol. The molecule has 0 amide bonds. The van der Waals surface area contributed by atoms with Crippen LogP contribution in [0.25, 0.3) is 0 Å². The lowest BCUT2D eigenvalue weighted by atomic mass is 9.88. The van der Waals surface area contributed by atoms with E-state index in [4.69, 9.17) is 5.11 Å². The van der Waals surface area contributed by atoms with Gasteiger partial charge in [0.25, 0.3) is 0 Å². The van der Waals surface area contributed by atoms with Crippen molar-refractivity contribution in [1.82, 2.24) is 0 Å². The van der Waals surface area contributed by atoms with Gasteiger partial charge in [-0.05, 0) is 24.7 Å². The number of hydrogen-bond donors (Lipinski definition) is 1. The van der Waals surface area contributed by atoms with Crippen LogP contribution < -0.4 is 0 Å². The predicted octanol–water partition coefficient (Wildman–Crippen LogP) is 1.58. The zero-order valence-corrected chi connectivity index (χ0v) is 5.88. The van der Waals surface area contributed by atoms with Gasteiger partial charge in [-0.1, -0.05) is 19.1 Å². The van der Waals surface area contributed by atoms with E-state index in [2.05, 4.69) is 19.1 Å². The van der Waals surface area contributed by atoms with E-state index in [0.29, 0.717) is 18.4 Å². The van der Waals surface area contributed by atoms with Crippen molar-refractivity contribution < 1.29 is 5.11 Å². The van der Waals surface area contributed by atoms with E-state index in [9.17, 15) is 0 Å². The van der Waals surface area contributed by atoms with E-state index >= 15 is 0 Å². The Balaban J connectivity index is 2.38. The molecule has 0 fully saturated rings. The number of aliphatic hydroxyl groups is 1. The molecule has 0 saturated carbocycles. The van der Waals surface area contributed by atoms with Crippen LogP contribution in [0.1, 0.15) is 19.8 Å². The van der Waals surface area contributed by atoms with Crippen molar-refractivity contribution in [2.75, 3.05) is 6.61 Å². The number of allylic oxidation sites excluding steroid dienone is 2. The van der Waals surface area contributed by atoms with Gasteiger partial charge in [0.05, 0.1) is 0 Å². The van der Waals surface area contributed by atoms with Gasteiger partial charge >= 0.3 is 0 Å². The fraction of sp³-hybridized carbons (Fsp3) is 0.750. The first-order valence-corrected chi connectivity index (χ1v) is 3.60. The van der Waals surface area contributed by atoms with Crippen molar-refractivity contribution in [3.63, 3.8) is 0 Å².